The molecule has 21 heavy (non-hydrogen) atoms. The van der Waals surface area contributed by atoms with Crippen LogP contribution in [0, 0.1) is 6.92 Å². The maximum Gasteiger partial charge on any atom is 0.271 e. The van der Waals surface area contributed by atoms with Gasteiger partial charge in [-0.1, -0.05) is 24.3 Å². The molecule has 3 rings (SSSR count). The molecule has 2 aromatic heterocycles. The fourth-order valence-electron chi connectivity index (χ4n) is 2.25. The van der Waals surface area contributed by atoms with E-state index in [-0.39, 0.29) is 5.56 Å². The first-order valence-electron chi connectivity index (χ1n) is 6.75. The quantitative estimate of drug-likeness (QED) is 0.798. The second kappa shape index (κ2) is 5.66. The zero-order chi connectivity index (χ0) is 14.7. The van der Waals surface area contributed by atoms with Crippen LogP contribution in [-0.4, -0.2) is 14.3 Å². The average Bonchev–Trinajstić information content (AvgIpc) is 2.81. The molecule has 1 aromatic carbocycles. The van der Waals surface area contributed by atoms with Crippen LogP contribution in [0.4, 0.5) is 5.82 Å². The number of nitrogens with zero attached hydrogens (tertiary/aromatic N) is 3. The second-order valence-corrected chi connectivity index (χ2v) is 4.72. The first kappa shape index (κ1) is 13.2. The third-order valence-corrected chi connectivity index (χ3v) is 3.27. The maximum atomic E-state index is 12.2. The number of nitrogens with one attached hydrogen (secondary N) is 1. The van der Waals surface area contributed by atoms with E-state index < -0.39 is 0 Å². The van der Waals surface area contributed by atoms with Gasteiger partial charge in [-0.2, -0.15) is 0 Å². The number of aromatic nitrogens is 3. The SMILES string of the molecule is Cc1cc(=O)n(-c2ccccc2)n1CNc1ccccn1. The van der Waals surface area contributed by atoms with E-state index in [1.807, 2.05) is 60.1 Å². The Morgan fingerprint density at radius 3 is 2.57 bits per heavy atom. The number of aryl methyl sites for hydroxylation is 1. The van der Waals surface area contributed by atoms with Crippen molar-refractivity contribution in [3.63, 3.8) is 0 Å². The summed E-state index contributed by atoms with van der Waals surface area (Å²) in [5, 5.41) is 3.22. The normalized spacial score (nSPS) is 10.5. The van der Waals surface area contributed by atoms with Gasteiger partial charge in [0.25, 0.3) is 5.56 Å². The van der Waals surface area contributed by atoms with Crippen LogP contribution in [0.2, 0.25) is 0 Å². The van der Waals surface area contributed by atoms with Crippen LogP contribution in [0.15, 0.2) is 65.6 Å². The van der Waals surface area contributed by atoms with Gasteiger partial charge in [0.2, 0.25) is 0 Å². The fraction of sp³-hybridized carbons (Fsp3) is 0.125. The zero-order valence-corrected chi connectivity index (χ0v) is 11.7. The van der Waals surface area contributed by atoms with Gasteiger partial charge in [-0.25, -0.2) is 9.67 Å². The molecule has 0 atom stereocenters. The molecule has 2 heterocycles. The third kappa shape index (κ3) is 2.72. The van der Waals surface area contributed by atoms with Gasteiger partial charge >= 0.3 is 0 Å². The molecule has 0 fully saturated rings. The highest BCUT2D eigenvalue weighted by atomic mass is 16.1. The van der Waals surface area contributed by atoms with E-state index in [9.17, 15) is 4.79 Å². The van der Waals surface area contributed by atoms with Crippen LogP contribution in [0.5, 0.6) is 0 Å². The van der Waals surface area contributed by atoms with Gasteiger partial charge in [0, 0.05) is 18.0 Å². The summed E-state index contributed by atoms with van der Waals surface area (Å²) in [6.45, 7) is 2.39. The molecule has 0 saturated carbocycles. The Morgan fingerprint density at radius 1 is 1.10 bits per heavy atom. The summed E-state index contributed by atoms with van der Waals surface area (Å²) in [4.78, 5) is 16.4. The number of benzene rings is 1. The molecular weight excluding hydrogens is 264 g/mol. The van der Waals surface area contributed by atoms with Crippen molar-refractivity contribution in [1.82, 2.24) is 14.3 Å². The summed E-state index contributed by atoms with van der Waals surface area (Å²) in [6, 6.07) is 16.9. The third-order valence-electron chi connectivity index (χ3n) is 3.27. The molecule has 106 valence electrons. The van der Waals surface area contributed by atoms with Crippen LogP contribution in [-0.2, 0) is 6.67 Å². The number of anilines is 1. The number of para-hydroxylation sites is 1. The fourth-order valence-corrected chi connectivity index (χ4v) is 2.25. The number of hydrogen-bond donors (Lipinski definition) is 1. The zero-order valence-electron chi connectivity index (χ0n) is 11.7. The summed E-state index contributed by atoms with van der Waals surface area (Å²) in [5.41, 5.74) is 1.70. The average molecular weight is 280 g/mol. The lowest BCUT2D eigenvalue weighted by molar-refractivity contribution is 0.566. The van der Waals surface area contributed by atoms with Crippen LogP contribution < -0.4 is 10.9 Å². The predicted molar refractivity (Wildman–Crippen MR) is 82.6 cm³/mol. The van der Waals surface area contributed by atoms with Crippen molar-refractivity contribution in [2.45, 2.75) is 13.6 Å². The monoisotopic (exact) mass is 280 g/mol. The van der Waals surface area contributed by atoms with Gasteiger partial charge < -0.3 is 5.32 Å². The molecule has 0 aliphatic heterocycles. The number of hydrogen-bond acceptors (Lipinski definition) is 3. The van der Waals surface area contributed by atoms with Crippen LogP contribution >= 0.6 is 0 Å². The Bertz CT molecular complexity index is 775. The Kier molecular flexibility index (Phi) is 3.55. The largest absolute Gasteiger partial charge is 0.351 e. The Balaban J connectivity index is 1.94. The highest BCUT2D eigenvalue weighted by Gasteiger charge is 2.09. The summed E-state index contributed by atoms with van der Waals surface area (Å²) < 4.78 is 3.55. The minimum Gasteiger partial charge on any atom is -0.351 e. The van der Waals surface area contributed by atoms with Crippen LogP contribution in [0.25, 0.3) is 5.69 Å². The van der Waals surface area contributed by atoms with Gasteiger partial charge in [-0.05, 0) is 31.2 Å². The first-order chi connectivity index (χ1) is 10.3. The smallest absolute Gasteiger partial charge is 0.271 e. The molecule has 0 unspecified atom stereocenters. The molecule has 0 spiro atoms. The van der Waals surface area contributed by atoms with Crippen molar-refractivity contribution < 1.29 is 0 Å². The molecule has 0 bridgehead atoms. The molecule has 5 nitrogen and oxygen atoms in total. The summed E-state index contributed by atoms with van der Waals surface area (Å²) >= 11 is 0. The lowest BCUT2D eigenvalue weighted by atomic mass is 10.3. The van der Waals surface area contributed by atoms with Gasteiger partial charge in [0.15, 0.2) is 0 Å². The molecule has 0 radical (unpaired) electrons. The topological polar surface area (TPSA) is 51.9 Å². The van der Waals surface area contributed by atoms with E-state index in [0.29, 0.717) is 6.67 Å². The minimum absolute atomic E-state index is 0.0403. The summed E-state index contributed by atoms with van der Waals surface area (Å²) in [5.74, 6) is 0.776. The second-order valence-electron chi connectivity index (χ2n) is 4.72. The first-order valence-corrected chi connectivity index (χ1v) is 6.75. The predicted octanol–water partition coefficient (Wildman–Crippen LogP) is 2.41. The summed E-state index contributed by atoms with van der Waals surface area (Å²) in [7, 11) is 0. The lowest BCUT2D eigenvalue weighted by Gasteiger charge is -2.14. The maximum absolute atomic E-state index is 12.2. The van der Waals surface area contributed by atoms with E-state index in [1.165, 1.54) is 0 Å². The molecule has 0 aliphatic rings. The van der Waals surface area contributed by atoms with E-state index >= 15 is 0 Å². The van der Waals surface area contributed by atoms with Gasteiger partial charge in [0.1, 0.15) is 12.5 Å². The Labute approximate surface area is 122 Å². The molecule has 0 saturated heterocycles. The Hall–Kier alpha value is -2.82. The molecule has 3 aromatic rings. The number of pyridine rings is 1. The molecule has 0 amide bonds. The van der Waals surface area contributed by atoms with Gasteiger partial charge in [-0.3, -0.25) is 9.48 Å². The highest BCUT2D eigenvalue weighted by molar-refractivity contribution is 5.33. The van der Waals surface area contributed by atoms with Crippen molar-refractivity contribution in [3.05, 3.63) is 76.8 Å². The van der Waals surface area contributed by atoms with E-state index in [2.05, 4.69) is 10.3 Å². The minimum atomic E-state index is -0.0403. The molecule has 0 aliphatic carbocycles. The van der Waals surface area contributed by atoms with E-state index in [4.69, 9.17) is 0 Å². The standard InChI is InChI=1S/C16H16N4O/c1-13-11-16(21)20(14-7-3-2-4-8-14)19(13)12-18-15-9-5-6-10-17-15/h2-11H,12H2,1H3,(H,17,18). The van der Waals surface area contributed by atoms with Crippen LogP contribution in [0.3, 0.4) is 0 Å². The van der Waals surface area contributed by atoms with E-state index in [1.54, 1.807) is 16.9 Å². The molecule has 5 heteroatoms. The van der Waals surface area contributed by atoms with Gasteiger partial charge in [-0.15, -0.1) is 0 Å². The van der Waals surface area contributed by atoms with Crippen LogP contribution in [0.1, 0.15) is 5.69 Å². The molecular formula is C16H16N4O. The highest BCUT2D eigenvalue weighted by Crippen LogP contribution is 2.08. The number of rotatable bonds is 4. The summed E-state index contributed by atoms with van der Waals surface area (Å²) in [6.07, 6.45) is 1.73. The van der Waals surface area contributed by atoms with Gasteiger partial charge in [0.05, 0.1) is 5.69 Å². The van der Waals surface area contributed by atoms with Crippen molar-refractivity contribution in [2.75, 3.05) is 5.32 Å². The Morgan fingerprint density at radius 2 is 1.86 bits per heavy atom. The van der Waals surface area contributed by atoms with E-state index in [0.717, 1.165) is 17.2 Å². The van der Waals surface area contributed by atoms with Crippen molar-refractivity contribution in [1.29, 1.82) is 0 Å². The molecule has 1 N–H and O–H groups in total. The van der Waals surface area contributed by atoms with Crippen molar-refractivity contribution in [3.8, 4) is 5.69 Å². The van der Waals surface area contributed by atoms with Crippen molar-refractivity contribution >= 4 is 5.82 Å². The van der Waals surface area contributed by atoms with Crippen molar-refractivity contribution in [2.24, 2.45) is 0 Å². The lowest BCUT2D eigenvalue weighted by Crippen LogP contribution is -2.24.